The average Bonchev–Trinajstić information content (AvgIpc) is 3.81. The Bertz CT molecular complexity index is 3510. The first-order chi connectivity index (χ1) is 28.8. The van der Waals surface area contributed by atoms with Crippen LogP contribution in [0.1, 0.15) is 0 Å². The zero-order valence-electron chi connectivity index (χ0n) is 31.2. The van der Waals surface area contributed by atoms with E-state index < -0.39 is 0 Å². The first-order valence-corrected chi connectivity index (χ1v) is 19.5. The number of hydrogen-bond donors (Lipinski definition) is 0. The van der Waals surface area contributed by atoms with Gasteiger partial charge < -0.3 is 4.57 Å². The predicted molar refractivity (Wildman–Crippen MR) is 238 cm³/mol. The summed E-state index contributed by atoms with van der Waals surface area (Å²) in [4.78, 5) is 19.6. The number of benzene rings is 7. The van der Waals surface area contributed by atoms with Crippen LogP contribution >= 0.6 is 0 Å². The molecule has 0 saturated heterocycles. The van der Waals surface area contributed by atoms with Crippen molar-refractivity contribution in [1.82, 2.24) is 29.1 Å². The summed E-state index contributed by atoms with van der Waals surface area (Å²) in [6.45, 7) is 0. The van der Waals surface area contributed by atoms with E-state index in [2.05, 4.69) is 159 Å². The molecule has 0 saturated carbocycles. The fourth-order valence-corrected chi connectivity index (χ4v) is 8.83. The Hall–Kier alpha value is -7.96. The normalized spacial score (nSPS) is 11.8. The van der Waals surface area contributed by atoms with E-state index in [-0.39, 0.29) is 0 Å². The summed E-state index contributed by atoms with van der Waals surface area (Å²) in [6.07, 6.45) is 3.58. The third-order valence-corrected chi connectivity index (χ3v) is 11.4. The largest absolute Gasteiger partial charge is 0.309 e. The highest BCUT2D eigenvalue weighted by Gasteiger charge is 2.20. The minimum atomic E-state index is 0.568. The molecule has 0 atom stereocenters. The molecule has 270 valence electrons. The van der Waals surface area contributed by atoms with Crippen molar-refractivity contribution in [2.45, 2.75) is 0 Å². The predicted octanol–water partition coefficient (Wildman–Crippen LogP) is 12.8. The van der Waals surface area contributed by atoms with Gasteiger partial charge in [0, 0.05) is 39.3 Å². The van der Waals surface area contributed by atoms with Crippen molar-refractivity contribution in [3.63, 3.8) is 0 Å². The van der Waals surface area contributed by atoms with Gasteiger partial charge in [0.2, 0.25) is 5.95 Å². The van der Waals surface area contributed by atoms with Crippen molar-refractivity contribution in [2.24, 2.45) is 0 Å². The maximum atomic E-state index is 5.14. The first kappa shape index (κ1) is 32.3. The first-order valence-electron chi connectivity index (χ1n) is 19.5. The summed E-state index contributed by atoms with van der Waals surface area (Å²) in [5.74, 6) is 0.568. The summed E-state index contributed by atoms with van der Waals surface area (Å²) < 4.78 is 4.61. The standard InChI is InChI=1S/C52H32N6/c1-2-14-36-35(13-1)31-51(38-16-4-3-15-37(36)38)57-47-21-7-5-17-39(47)41-29-33(23-25-49(41)57)34-24-26-50-42(30-34)40-18-6-8-22-48(40)58(50)52-55-45(43-19-9-11-27-53-43)32-46(56-52)44-20-10-12-28-54-44/h1-32H. The Kier molecular flexibility index (Phi) is 7.13. The maximum absolute atomic E-state index is 5.14. The van der Waals surface area contributed by atoms with Crippen molar-refractivity contribution >= 4 is 65.2 Å². The van der Waals surface area contributed by atoms with Gasteiger partial charge in [-0.2, -0.15) is 0 Å². The van der Waals surface area contributed by atoms with Gasteiger partial charge in [0.15, 0.2) is 0 Å². The van der Waals surface area contributed by atoms with Crippen LogP contribution in [0, 0.1) is 0 Å². The number of rotatable bonds is 5. The molecule has 0 bridgehead atoms. The SMILES string of the molecule is c1ccc(-c2cc(-c3ccccn3)nc(-n3c4ccccc4c4cc(-c5ccc6c(c5)c5ccccc5n6-c5cc6ccccc6c6ccccc56)ccc43)n2)nc1. The van der Waals surface area contributed by atoms with Gasteiger partial charge in [0.25, 0.3) is 0 Å². The van der Waals surface area contributed by atoms with Crippen LogP contribution in [0.5, 0.6) is 0 Å². The van der Waals surface area contributed by atoms with Crippen molar-refractivity contribution in [3.8, 4) is 45.5 Å². The molecule has 12 rings (SSSR count). The summed E-state index contributed by atoms with van der Waals surface area (Å²) >= 11 is 0. The Balaban J connectivity index is 1.05. The molecule has 0 radical (unpaired) electrons. The minimum Gasteiger partial charge on any atom is -0.309 e. The number of pyridine rings is 2. The monoisotopic (exact) mass is 740 g/mol. The molecule has 0 aliphatic heterocycles. The number of hydrogen-bond acceptors (Lipinski definition) is 4. The van der Waals surface area contributed by atoms with Crippen molar-refractivity contribution in [2.75, 3.05) is 0 Å². The fourth-order valence-electron chi connectivity index (χ4n) is 8.83. The molecule has 0 aliphatic rings. The molecule has 0 aliphatic carbocycles. The molecule has 0 spiro atoms. The van der Waals surface area contributed by atoms with E-state index in [0.717, 1.165) is 55.7 Å². The lowest BCUT2D eigenvalue weighted by Gasteiger charge is -2.14. The van der Waals surface area contributed by atoms with Crippen LogP contribution in [-0.2, 0) is 0 Å². The number of nitrogens with zero attached hydrogens (tertiary/aromatic N) is 6. The van der Waals surface area contributed by atoms with Gasteiger partial charge in [0.1, 0.15) is 0 Å². The second-order valence-electron chi connectivity index (χ2n) is 14.7. The third-order valence-electron chi connectivity index (χ3n) is 11.4. The molecule has 6 heteroatoms. The van der Waals surface area contributed by atoms with Gasteiger partial charge in [-0.25, -0.2) is 9.97 Å². The van der Waals surface area contributed by atoms with Gasteiger partial charge >= 0.3 is 0 Å². The van der Waals surface area contributed by atoms with Crippen LogP contribution in [0.25, 0.3) is 111 Å². The summed E-state index contributed by atoms with van der Waals surface area (Å²) in [5.41, 5.74) is 10.9. The molecule has 0 fully saturated rings. The second-order valence-corrected chi connectivity index (χ2v) is 14.7. The highest BCUT2D eigenvalue weighted by molar-refractivity contribution is 6.16. The molecular formula is C52H32N6. The average molecular weight is 741 g/mol. The topological polar surface area (TPSA) is 61.4 Å². The van der Waals surface area contributed by atoms with Crippen LogP contribution in [0.3, 0.4) is 0 Å². The maximum Gasteiger partial charge on any atom is 0.235 e. The number of aromatic nitrogens is 6. The highest BCUT2D eigenvalue weighted by atomic mass is 15.2. The van der Waals surface area contributed by atoms with E-state index in [1.54, 1.807) is 12.4 Å². The van der Waals surface area contributed by atoms with Crippen molar-refractivity contribution in [3.05, 3.63) is 194 Å². The van der Waals surface area contributed by atoms with Crippen LogP contribution < -0.4 is 0 Å². The molecule has 5 heterocycles. The molecule has 58 heavy (non-hydrogen) atoms. The smallest absolute Gasteiger partial charge is 0.235 e. The Morgan fingerprint density at radius 2 is 0.793 bits per heavy atom. The van der Waals surface area contributed by atoms with Gasteiger partial charge in [-0.1, -0.05) is 109 Å². The minimum absolute atomic E-state index is 0.568. The fraction of sp³-hybridized carbons (Fsp3) is 0. The quantitative estimate of drug-likeness (QED) is 0.165. The third kappa shape index (κ3) is 4.98. The number of para-hydroxylation sites is 2. The molecule has 0 amide bonds. The van der Waals surface area contributed by atoms with Crippen LogP contribution in [-0.4, -0.2) is 29.1 Å². The van der Waals surface area contributed by atoms with E-state index in [4.69, 9.17) is 9.97 Å². The van der Waals surface area contributed by atoms with Gasteiger partial charge in [-0.3, -0.25) is 14.5 Å². The molecule has 7 aromatic carbocycles. The van der Waals surface area contributed by atoms with Crippen molar-refractivity contribution in [1.29, 1.82) is 0 Å². The van der Waals surface area contributed by atoms with Gasteiger partial charge in [0.05, 0.1) is 50.5 Å². The van der Waals surface area contributed by atoms with Crippen LogP contribution in [0.2, 0.25) is 0 Å². The highest BCUT2D eigenvalue weighted by Crippen LogP contribution is 2.40. The van der Waals surface area contributed by atoms with Gasteiger partial charge in [-0.05, 0) is 100 Å². The number of fused-ring (bicyclic) bond motifs is 9. The molecule has 0 N–H and O–H groups in total. The van der Waals surface area contributed by atoms with E-state index in [0.29, 0.717) is 5.95 Å². The molecule has 0 unspecified atom stereocenters. The van der Waals surface area contributed by atoms with Crippen LogP contribution in [0.4, 0.5) is 0 Å². The summed E-state index contributed by atoms with van der Waals surface area (Å²) in [6, 6.07) is 64.4. The zero-order valence-corrected chi connectivity index (χ0v) is 31.2. The molecule has 6 nitrogen and oxygen atoms in total. The summed E-state index contributed by atoms with van der Waals surface area (Å²) in [5, 5.41) is 9.69. The molecule has 12 aromatic rings. The Morgan fingerprint density at radius 3 is 1.40 bits per heavy atom. The Labute approximate surface area is 333 Å². The lowest BCUT2D eigenvalue weighted by molar-refractivity contribution is 0.988. The molecule has 5 aromatic heterocycles. The summed E-state index contributed by atoms with van der Waals surface area (Å²) in [7, 11) is 0. The zero-order chi connectivity index (χ0) is 38.2. The van der Waals surface area contributed by atoms with Crippen LogP contribution in [0.15, 0.2) is 194 Å². The van der Waals surface area contributed by atoms with E-state index in [1.807, 2.05) is 42.5 Å². The van der Waals surface area contributed by atoms with E-state index in [9.17, 15) is 0 Å². The van der Waals surface area contributed by atoms with Crippen molar-refractivity contribution < 1.29 is 0 Å². The van der Waals surface area contributed by atoms with Gasteiger partial charge in [-0.15, -0.1) is 0 Å². The van der Waals surface area contributed by atoms with E-state index in [1.165, 1.54) is 49.0 Å². The molecular weight excluding hydrogens is 709 g/mol. The van der Waals surface area contributed by atoms with E-state index >= 15 is 0 Å². The lowest BCUT2D eigenvalue weighted by Crippen LogP contribution is -2.04. The lowest BCUT2D eigenvalue weighted by atomic mass is 9.99. The Morgan fingerprint density at radius 1 is 0.310 bits per heavy atom. The second kappa shape index (κ2) is 12.8.